The summed E-state index contributed by atoms with van der Waals surface area (Å²) in [6.45, 7) is 7.70. The van der Waals surface area contributed by atoms with Crippen molar-refractivity contribution >= 4 is 15.7 Å². The number of hydrogen-bond donors (Lipinski definition) is 0. The highest BCUT2D eigenvalue weighted by atomic mass is 32.2. The second-order valence-electron chi connectivity index (χ2n) is 7.18. The Morgan fingerprint density at radius 2 is 1.76 bits per heavy atom. The summed E-state index contributed by atoms with van der Waals surface area (Å²) in [6, 6.07) is 6.90. The summed E-state index contributed by atoms with van der Waals surface area (Å²) >= 11 is 0. The normalized spacial score (nSPS) is 15.8. The van der Waals surface area contributed by atoms with Crippen LogP contribution >= 0.6 is 0 Å². The summed E-state index contributed by atoms with van der Waals surface area (Å²) in [5, 5.41) is 0.0638. The van der Waals surface area contributed by atoms with Gasteiger partial charge in [0, 0.05) is 19.5 Å². The highest BCUT2D eigenvalue weighted by molar-refractivity contribution is 7.91. The highest BCUT2D eigenvalue weighted by Crippen LogP contribution is 2.33. The zero-order chi connectivity index (χ0) is 18.0. The van der Waals surface area contributed by atoms with Crippen LogP contribution in [0, 0.1) is 12.8 Å². The molecule has 0 radical (unpaired) electrons. The topological polar surface area (TPSA) is 63.4 Å². The van der Waals surface area contributed by atoms with Gasteiger partial charge in [0.05, 0.1) is 4.90 Å². The molecule has 0 spiro atoms. The van der Waals surface area contributed by atoms with Gasteiger partial charge in [-0.05, 0) is 44.2 Å². The van der Waals surface area contributed by atoms with E-state index in [0.29, 0.717) is 24.1 Å². The maximum Gasteiger partial charge on any atom is 0.236 e. The lowest BCUT2D eigenvalue weighted by Crippen LogP contribution is -2.30. The van der Waals surface area contributed by atoms with Crippen molar-refractivity contribution in [1.29, 1.82) is 0 Å². The fraction of sp³-hybridized carbons (Fsp3) is 0.526. The molecule has 3 rings (SSSR count). The lowest BCUT2D eigenvalue weighted by atomic mass is 10.1. The molecule has 0 bridgehead atoms. The van der Waals surface area contributed by atoms with Crippen LogP contribution in [0.2, 0.25) is 0 Å². The zero-order valence-corrected chi connectivity index (χ0v) is 16.0. The van der Waals surface area contributed by atoms with E-state index in [4.69, 9.17) is 4.42 Å². The van der Waals surface area contributed by atoms with Crippen molar-refractivity contribution < 1.29 is 12.8 Å². The first-order chi connectivity index (χ1) is 11.9. The predicted molar refractivity (Wildman–Crippen MR) is 97.7 cm³/mol. The number of aryl methyl sites for hydroxylation is 1. The van der Waals surface area contributed by atoms with E-state index >= 15 is 0 Å². The van der Waals surface area contributed by atoms with E-state index in [1.54, 1.807) is 12.1 Å². The number of nitrogens with zero attached hydrogens (tertiary/aromatic N) is 2. The molecule has 1 aromatic heterocycles. The third-order valence-corrected chi connectivity index (χ3v) is 6.10. The number of sulfone groups is 1. The average Bonchev–Trinajstić information content (AvgIpc) is 3.00. The lowest BCUT2D eigenvalue weighted by Gasteiger charge is -2.26. The van der Waals surface area contributed by atoms with Crippen molar-refractivity contribution in [2.75, 3.05) is 18.0 Å². The Morgan fingerprint density at radius 3 is 2.36 bits per heavy atom. The van der Waals surface area contributed by atoms with Crippen LogP contribution in [0.1, 0.15) is 44.6 Å². The molecule has 1 aliphatic rings. The Bertz CT molecular complexity index is 817. The van der Waals surface area contributed by atoms with Gasteiger partial charge in [0.2, 0.25) is 20.7 Å². The molecule has 136 valence electrons. The molecule has 1 aliphatic heterocycles. The summed E-state index contributed by atoms with van der Waals surface area (Å²) in [6.07, 6.45) is 3.89. The van der Waals surface area contributed by atoms with Crippen LogP contribution < -0.4 is 4.90 Å². The maximum atomic E-state index is 13.2. The predicted octanol–water partition coefficient (Wildman–Crippen LogP) is 4.00. The van der Waals surface area contributed by atoms with Gasteiger partial charge in [-0.1, -0.05) is 31.5 Å². The largest absolute Gasteiger partial charge is 0.424 e. The van der Waals surface area contributed by atoms with Gasteiger partial charge in [-0.3, -0.25) is 0 Å². The molecule has 1 fully saturated rings. The number of rotatable bonds is 5. The summed E-state index contributed by atoms with van der Waals surface area (Å²) in [5.41, 5.74) is 1.02. The monoisotopic (exact) mass is 362 g/mol. The molecule has 1 saturated heterocycles. The van der Waals surface area contributed by atoms with Crippen LogP contribution in [0.15, 0.2) is 38.6 Å². The Morgan fingerprint density at radius 1 is 1.12 bits per heavy atom. The van der Waals surface area contributed by atoms with E-state index in [1.165, 1.54) is 6.42 Å². The van der Waals surface area contributed by atoms with Crippen molar-refractivity contribution in [3.05, 3.63) is 35.7 Å². The minimum absolute atomic E-state index is 0.0638. The minimum atomic E-state index is -3.70. The molecular formula is C19H26N2O3S. The Labute approximate surface area is 150 Å². The first-order valence-corrected chi connectivity index (χ1v) is 10.4. The second kappa shape index (κ2) is 7.20. The Hall–Kier alpha value is -1.82. The Balaban J connectivity index is 2.05. The molecular weight excluding hydrogens is 336 g/mol. The molecule has 0 unspecified atom stereocenters. The van der Waals surface area contributed by atoms with Crippen molar-refractivity contribution in [3.8, 4) is 0 Å². The molecule has 1 aromatic carbocycles. The SMILES string of the molecule is Cc1ccc(S(=O)(=O)c2nc(CC(C)C)oc2N2CCCCC2)cc1. The molecule has 0 N–H and O–H groups in total. The van der Waals surface area contributed by atoms with E-state index in [2.05, 4.69) is 18.8 Å². The summed E-state index contributed by atoms with van der Waals surface area (Å²) in [7, 11) is -3.70. The van der Waals surface area contributed by atoms with Crippen molar-refractivity contribution in [3.63, 3.8) is 0 Å². The molecule has 5 nitrogen and oxygen atoms in total. The lowest BCUT2D eigenvalue weighted by molar-refractivity contribution is 0.439. The zero-order valence-electron chi connectivity index (χ0n) is 15.2. The quantitative estimate of drug-likeness (QED) is 0.804. The Kier molecular flexibility index (Phi) is 5.18. The third-order valence-electron chi connectivity index (χ3n) is 4.44. The number of benzene rings is 1. The van der Waals surface area contributed by atoms with E-state index < -0.39 is 9.84 Å². The van der Waals surface area contributed by atoms with Gasteiger partial charge in [-0.15, -0.1) is 0 Å². The maximum absolute atomic E-state index is 13.2. The number of hydrogen-bond acceptors (Lipinski definition) is 5. The first-order valence-electron chi connectivity index (χ1n) is 8.94. The summed E-state index contributed by atoms with van der Waals surface area (Å²) in [5.74, 6) is 1.26. The van der Waals surface area contributed by atoms with E-state index in [-0.39, 0.29) is 9.92 Å². The number of piperidine rings is 1. The fourth-order valence-electron chi connectivity index (χ4n) is 3.08. The average molecular weight is 362 g/mol. The van der Waals surface area contributed by atoms with Gasteiger partial charge in [0.25, 0.3) is 0 Å². The van der Waals surface area contributed by atoms with Crippen molar-refractivity contribution in [2.24, 2.45) is 5.92 Å². The summed E-state index contributed by atoms with van der Waals surface area (Å²) in [4.78, 5) is 6.69. The van der Waals surface area contributed by atoms with E-state index in [1.807, 2.05) is 24.0 Å². The van der Waals surface area contributed by atoms with Crippen LogP contribution in [0.3, 0.4) is 0 Å². The number of anilines is 1. The van der Waals surface area contributed by atoms with Crippen molar-refractivity contribution in [1.82, 2.24) is 4.98 Å². The molecule has 25 heavy (non-hydrogen) atoms. The van der Waals surface area contributed by atoms with Crippen LogP contribution in [0.5, 0.6) is 0 Å². The van der Waals surface area contributed by atoms with Crippen LogP contribution in [0.25, 0.3) is 0 Å². The number of oxazole rings is 1. The summed E-state index contributed by atoms with van der Waals surface area (Å²) < 4.78 is 32.2. The van der Waals surface area contributed by atoms with Crippen LogP contribution in [0.4, 0.5) is 5.88 Å². The standard InChI is InChI=1S/C19H26N2O3S/c1-14(2)13-17-20-18(19(24-17)21-11-5-4-6-12-21)25(22,23)16-9-7-15(3)8-10-16/h7-10,14H,4-6,11-13H2,1-3H3. The first kappa shape index (κ1) is 18.0. The molecule has 2 heterocycles. The minimum Gasteiger partial charge on any atom is -0.424 e. The van der Waals surface area contributed by atoms with E-state index in [0.717, 1.165) is 31.5 Å². The van der Waals surface area contributed by atoms with E-state index in [9.17, 15) is 8.42 Å². The molecule has 0 saturated carbocycles. The number of aromatic nitrogens is 1. The molecule has 0 atom stereocenters. The van der Waals surface area contributed by atoms with Gasteiger partial charge >= 0.3 is 0 Å². The molecule has 6 heteroatoms. The van der Waals surface area contributed by atoms with Gasteiger partial charge in [-0.2, -0.15) is 4.98 Å². The van der Waals surface area contributed by atoms with Crippen LogP contribution in [-0.2, 0) is 16.3 Å². The smallest absolute Gasteiger partial charge is 0.236 e. The van der Waals surface area contributed by atoms with Gasteiger partial charge in [0.15, 0.2) is 5.89 Å². The van der Waals surface area contributed by atoms with Crippen molar-refractivity contribution in [2.45, 2.75) is 56.4 Å². The third kappa shape index (κ3) is 3.89. The van der Waals surface area contributed by atoms with Gasteiger partial charge < -0.3 is 9.32 Å². The molecule has 0 amide bonds. The molecule has 0 aliphatic carbocycles. The van der Waals surface area contributed by atoms with Gasteiger partial charge in [-0.25, -0.2) is 8.42 Å². The molecule has 2 aromatic rings. The highest BCUT2D eigenvalue weighted by Gasteiger charge is 2.31. The second-order valence-corrected chi connectivity index (χ2v) is 9.05. The fourth-order valence-corrected chi connectivity index (χ4v) is 4.42. The van der Waals surface area contributed by atoms with Crippen LogP contribution in [-0.4, -0.2) is 26.5 Å². The van der Waals surface area contributed by atoms with Gasteiger partial charge in [0.1, 0.15) is 0 Å².